The van der Waals surface area contributed by atoms with Crippen LogP contribution < -0.4 is 10.6 Å². The summed E-state index contributed by atoms with van der Waals surface area (Å²) in [5.41, 5.74) is 0.649. The van der Waals surface area contributed by atoms with Crippen molar-refractivity contribution in [1.82, 2.24) is 15.5 Å². The summed E-state index contributed by atoms with van der Waals surface area (Å²) in [6.45, 7) is 1.81. The summed E-state index contributed by atoms with van der Waals surface area (Å²) < 4.78 is 0. The van der Waals surface area contributed by atoms with Crippen LogP contribution in [0.25, 0.3) is 0 Å². The van der Waals surface area contributed by atoms with Crippen LogP contribution in [-0.4, -0.2) is 50.4 Å². The Kier molecular flexibility index (Phi) is 6.38. The maximum absolute atomic E-state index is 11.7. The van der Waals surface area contributed by atoms with Crippen LogP contribution >= 0.6 is 11.3 Å². The van der Waals surface area contributed by atoms with Crippen molar-refractivity contribution in [3.05, 3.63) is 22.4 Å². The van der Waals surface area contributed by atoms with Gasteiger partial charge in [0.25, 0.3) is 5.91 Å². The van der Waals surface area contributed by atoms with Gasteiger partial charge in [0, 0.05) is 44.0 Å². The van der Waals surface area contributed by atoms with Gasteiger partial charge in [0.05, 0.1) is 0 Å². The van der Waals surface area contributed by atoms with Gasteiger partial charge in [-0.25, -0.2) is 0 Å². The van der Waals surface area contributed by atoms with E-state index in [0.717, 1.165) is 6.54 Å². The lowest BCUT2D eigenvalue weighted by Crippen LogP contribution is -2.35. The molecule has 6 heteroatoms. The number of nitrogens with zero attached hydrogens (tertiary/aromatic N) is 1. The van der Waals surface area contributed by atoms with Gasteiger partial charge in [-0.15, -0.1) is 0 Å². The maximum atomic E-state index is 11.7. The first-order chi connectivity index (χ1) is 8.65. The lowest BCUT2D eigenvalue weighted by atomic mass is 10.3. The fraction of sp³-hybridized carbons (Fsp3) is 0.500. The Bertz CT molecular complexity index is 379. The molecule has 0 saturated carbocycles. The molecule has 1 heterocycles. The van der Waals surface area contributed by atoms with Crippen LogP contribution in [0.3, 0.4) is 0 Å². The van der Waals surface area contributed by atoms with E-state index in [-0.39, 0.29) is 11.8 Å². The number of carbonyl (C=O) groups excluding carboxylic acids is 2. The predicted molar refractivity (Wildman–Crippen MR) is 72.8 cm³/mol. The van der Waals surface area contributed by atoms with Gasteiger partial charge >= 0.3 is 0 Å². The van der Waals surface area contributed by atoms with Crippen LogP contribution in [0.4, 0.5) is 0 Å². The van der Waals surface area contributed by atoms with Gasteiger partial charge < -0.3 is 15.5 Å². The molecule has 0 aromatic carbocycles. The number of thiophene rings is 1. The molecular formula is C12H19N3O2S. The molecule has 0 saturated heterocycles. The zero-order valence-electron chi connectivity index (χ0n) is 10.7. The number of hydrogen-bond donors (Lipinski definition) is 2. The molecule has 0 radical (unpaired) electrons. The molecule has 5 nitrogen and oxygen atoms in total. The molecule has 18 heavy (non-hydrogen) atoms. The fourth-order valence-corrected chi connectivity index (χ4v) is 2.01. The second kappa shape index (κ2) is 7.84. The molecule has 100 valence electrons. The van der Waals surface area contributed by atoms with E-state index >= 15 is 0 Å². The summed E-state index contributed by atoms with van der Waals surface area (Å²) in [4.78, 5) is 24.9. The first-order valence-corrected chi connectivity index (χ1v) is 6.78. The van der Waals surface area contributed by atoms with Gasteiger partial charge in [-0.3, -0.25) is 9.59 Å². The van der Waals surface area contributed by atoms with Crippen molar-refractivity contribution in [3.8, 4) is 0 Å². The van der Waals surface area contributed by atoms with Crippen LogP contribution in [-0.2, 0) is 4.79 Å². The summed E-state index contributed by atoms with van der Waals surface area (Å²) >= 11 is 1.48. The Labute approximate surface area is 111 Å². The van der Waals surface area contributed by atoms with E-state index < -0.39 is 0 Å². The minimum atomic E-state index is -0.123. The van der Waals surface area contributed by atoms with Crippen LogP contribution in [0.2, 0.25) is 0 Å². The zero-order valence-corrected chi connectivity index (χ0v) is 11.5. The third-order valence-electron chi connectivity index (χ3n) is 2.53. The molecule has 0 aliphatic carbocycles. The first kappa shape index (κ1) is 14.7. The fourth-order valence-electron chi connectivity index (χ4n) is 1.37. The second-order valence-electron chi connectivity index (χ2n) is 3.94. The van der Waals surface area contributed by atoms with E-state index in [0.29, 0.717) is 25.1 Å². The smallest absolute Gasteiger partial charge is 0.252 e. The van der Waals surface area contributed by atoms with Crippen LogP contribution in [0.15, 0.2) is 16.8 Å². The molecular weight excluding hydrogens is 250 g/mol. The van der Waals surface area contributed by atoms with Crippen LogP contribution in [0, 0.1) is 0 Å². The first-order valence-electron chi connectivity index (χ1n) is 5.84. The third-order valence-corrected chi connectivity index (χ3v) is 3.21. The van der Waals surface area contributed by atoms with Gasteiger partial charge in [-0.05, 0) is 18.5 Å². The van der Waals surface area contributed by atoms with Crippen molar-refractivity contribution in [2.75, 3.05) is 33.7 Å². The lowest BCUT2D eigenvalue weighted by Gasteiger charge is -2.16. The molecule has 0 aliphatic rings. The normalized spacial score (nSPS) is 10.1. The monoisotopic (exact) mass is 269 g/mol. The summed E-state index contributed by atoms with van der Waals surface area (Å²) in [5.74, 6) is -0.0854. The Morgan fingerprint density at radius 1 is 1.39 bits per heavy atom. The molecule has 0 spiro atoms. The Morgan fingerprint density at radius 3 is 2.78 bits per heavy atom. The van der Waals surface area contributed by atoms with Crippen LogP contribution in [0.1, 0.15) is 16.8 Å². The highest BCUT2D eigenvalue weighted by molar-refractivity contribution is 7.08. The Balaban J connectivity index is 2.21. The summed E-state index contributed by atoms with van der Waals surface area (Å²) in [5, 5.41) is 9.36. The van der Waals surface area contributed by atoms with E-state index in [1.165, 1.54) is 11.3 Å². The van der Waals surface area contributed by atoms with Gasteiger partial charge in [0.15, 0.2) is 0 Å². The number of hydrogen-bond acceptors (Lipinski definition) is 4. The number of likely N-dealkylation sites (N-methyl/N-ethyl adjacent to an activating group) is 2. The van der Waals surface area contributed by atoms with Crippen molar-refractivity contribution in [3.63, 3.8) is 0 Å². The highest BCUT2D eigenvalue weighted by atomic mass is 32.1. The van der Waals surface area contributed by atoms with E-state index in [2.05, 4.69) is 10.6 Å². The third kappa shape index (κ3) is 4.85. The summed E-state index contributed by atoms with van der Waals surface area (Å²) in [7, 11) is 3.61. The summed E-state index contributed by atoms with van der Waals surface area (Å²) in [6.07, 6.45) is 0.329. The average Bonchev–Trinajstić information content (AvgIpc) is 2.89. The van der Waals surface area contributed by atoms with Gasteiger partial charge in [-0.2, -0.15) is 11.3 Å². The largest absolute Gasteiger partial charge is 0.351 e. The molecule has 0 fully saturated rings. The number of rotatable bonds is 7. The van der Waals surface area contributed by atoms with Crippen molar-refractivity contribution in [1.29, 1.82) is 0 Å². The van der Waals surface area contributed by atoms with Gasteiger partial charge in [0.1, 0.15) is 0 Å². The van der Waals surface area contributed by atoms with Crippen LogP contribution in [0.5, 0.6) is 0 Å². The van der Waals surface area contributed by atoms with Crippen molar-refractivity contribution in [2.45, 2.75) is 6.42 Å². The average molecular weight is 269 g/mol. The standard InChI is InChI=1S/C12H19N3O2S/c1-13-6-7-15(2)11(16)3-5-14-12(17)10-4-8-18-9-10/h4,8-9,13H,3,5-7H2,1-2H3,(H,14,17). The number of amides is 2. The van der Waals surface area contributed by atoms with E-state index in [1.54, 1.807) is 23.4 Å². The maximum Gasteiger partial charge on any atom is 0.252 e. The topological polar surface area (TPSA) is 61.4 Å². The molecule has 1 aromatic rings. The van der Waals surface area contributed by atoms with Gasteiger partial charge in [0.2, 0.25) is 5.91 Å². The number of carbonyl (C=O) groups is 2. The summed E-state index contributed by atoms with van der Waals surface area (Å²) in [6, 6.07) is 1.76. The molecule has 2 amide bonds. The molecule has 2 N–H and O–H groups in total. The molecule has 1 aromatic heterocycles. The van der Waals surface area contributed by atoms with E-state index in [9.17, 15) is 9.59 Å². The quantitative estimate of drug-likeness (QED) is 0.760. The molecule has 1 rings (SSSR count). The van der Waals surface area contributed by atoms with E-state index in [4.69, 9.17) is 0 Å². The molecule has 0 unspecified atom stereocenters. The Hall–Kier alpha value is -1.40. The van der Waals surface area contributed by atoms with Gasteiger partial charge in [-0.1, -0.05) is 0 Å². The second-order valence-corrected chi connectivity index (χ2v) is 4.72. The highest BCUT2D eigenvalue weighted by Gasteiger charge is 2.09. The van der Waals surface area contributed by atoms with Crippen molar-refractivity contribution >= 4 is 23.2 Å². The Morgan fingerprint density at radius 2 is 2.17 bits per heavy atom. The SMILES string of the molecule is CNCCN(C)C(=O)CCNC(=O)c1ccsc1. The lowest BCUT2D eigenvalue weighted by molar-refractivity contribution is -0.129. The van der Waals surface area contributed by atoms with Crippen molar-refractivity contribution in [2.24, 2.45) is 0 Å². The predicted octanol–water partition coefficient (Wildman–Crippen LogP) is 0.546. The molecule has 0 aliphatic heterocycles. The minimum absolute atomic E-state index is 0.0378. The minimum Gasteiger partial charge on any atom is -0.351 e. The highest BCUT2D eigenvalue weighted by Crippen LogP contribution is 2.05. The van der Waals surface area contributed by atoms with E-state index in [1.807, 2.05) is 12.4 Å². The zero-order chi connectivity index (χ0) is 13.4. The molecule has 0 bridgehead atoms. The number of nitrogens with one attached hydrogen (secondary N) is 2. The molecule has 0 atom stereocenters. The van der Waals surface area contributed by atoms with Crippen molar-refractivity contribution < 1.29 is 9.59 Å².